The minimum atomic E-state index is -1.82. The average molecular weight is 1880 g/mol. The molecule has 5 aromatic carbocycles. The predicted molar refractivity (Wildman–Crippen MR) is 494 cm³/mol. The summed E-state index contributed by atoms with van der Waals surface area (Å²) < 4.78 is 0. The van der Waals surface area contributed by atoms with E-state index in [1.807, 2.05) is 24.3 Å². The highest BCUT2D eigenvalue weighted by molar-refractivity contribution is 7.99. The Morgan fingerprint density at radius 2 is 1.01 bits per heavy atom. The van der Waals surface area contributed by atoms with E-state index in [0.29, 0.717) is 27.8 Å². The minimum Gasteiger partial charge on any atom is -0.508 e. The molecule has 1 aromatic heterocycles. The number of benzene rings is 5. The van der Waals surface area contributed by atoms with Crippen LogP contribution in [0, 0.1) is 29.1 Å². The number of carbonyl (C=O) groups is 14. The van der Waals surface area contributed by atoms with Crippen LogP contribution >= 0.6 is 35.3 Å². The third-order valence-electron chi connectivity index (χ3n) is 23.4. The summed E-state index contributed by atoms with van der Waals surface area (Å²) in [4.78, 5) is 222. The first-order chi connectivity index (χ1) is 62.9. The maximum Gasteiger partial charge on any atom is 0.325 e. The van der Waals surface area contributed by atoms with Gasteiger partial charge in [0.2, 0.25) is 59.1 Å². The molecule has 2 fully saturated rings. The molecule has 6 aromatic rings. The fraction of sp³-hybridized carbons (Fsp3) is 0.478. The van der Waals surface area contributed by atoms with Gasteiger partial charge >= 0.3 is 5.97 Å². The zero-order valence-electron chi connectivity index (χ0n) is 74.2. The lowest BCUT2D eigenvalue weighted by Crippen LogP contribution is -2.62. The molecule has 16 atom stereocenters. The van der Waals surface area contributed by atoms with Crippen LogP contribution in [0.2, 0.25) is 0 Å². The topological polar surface area (TPSA) is 590 Å². The molecule has 10 bridgehead atoms. The van der Waals surface area contributed by atoms with Gasteiger partial charge in [-0.05, 0) is 131 Å². The number of carbonyl (C=O) groups excluding carboxylic acids is 13. The lowest BCUT2D eigenvalue weighted by atomic mass is 9.89. The highest BCUT2D eigenvalue weighted by atomic mass is 32.2. The number of aromatic hydroxyl groups is 2. The standard InChI is InChI=1S/C92H117N17O20S3/c1-48(2)76-87(124)102-70(85(122)97-50(4)91(128)129)47-132-44-57-17-27-60(28-18-57)80-106-78-58-23-13-55(14-24-58)42-130-45-62(89(126)109-35-9-12-72(109)90(127)108-34-8-11-71(108)86(123)99-67(37-54-21-31-64(114)32-22-54)84(121)104-77(52(6)112)88(125)103-76)39-73(115)68(41-110)100-83(120)65(51(5)111)40-75(117)66(36-53-19-29-63(113)30-20-53)98-82(119)61(10-7-33-96-92(94)95)38-74(116)69(101-81(118)49(3)93)46-131-43-56-15-25-59(26-16-56)79(105-78)107-80/h13-32,48-52,61-62,65-72,76-77,110-114H,7-12,33-47,93H2,1-6H3,(H,97,122)(H,98,119)(H,99,123)(H,100,120)(H,101,118)(H,102,124)(H,103,125)(H,104,121)(H,128,129)(H4,94,95,96)/t49-,50-,51+,52+,61+,62-,65?,66-,67-,68-,69-,70-,71-,72-,76-,77?/m0/s1. The summed E-state index contributed by atoms with van der Waals surface area (Å²) in [5.74, 6) is -16.5. The molecular formula is C92H117N17O20S3. The maximum atomic E-state index is 15.7. The Labute approximate surface area is 776 Å². The summed E-state index contributed by atoms with van der Waals surface area (Å²) in [6, 6.07) is 17.3. The van der Waals surface area contributed by atoms with Gasteiger partial charge in [0.15, 0.2) is 40.8 Å². The van der Waals surface area contributed by atoms with Gasteiger partial charge in [-0.3, -0.25) is 72.5 Å². The van der Waals surface area contributed by atoms with Crippen LogP contribution in [0.3, 0.4) is 0 Å². The van der Waals surface area contributed by atoms with Crippen molar-refractivity contribution in [1.29, 1.82) is 5.41 Å². The molecule has 132 heavy (non-hydrogen) atoms. The number of rotatable bonds is 17. The molecule has 10 amide bonds. The summed E-state index contributed by atoms with van der Waals surface area (Å²) in [5.41, 5.74) is 16.3. The third-order valence-corrected chi connectivity index (χ3v) is 26.8. The van der Waals surface area contributed by atoms with Crippen molar-refractivity contribution in [3.05, 3.63) is 149 Å². The Bertz CT molecular complexity index is 5120. The number of aliphatic hydroxyl groups excluding tert-OH is 3. The molecule has 37 nitrogen and oxygen atoms in total. The van der Waals surface area contributed by atoms with E-state index in [9.17, 15) is 78.6 Å². The normalized spacial score (nSPS) is 24.2. The number of fused-ring (bicyclic) bond motifs is 18. The molecule has 708 valence electrons. The highest BCUT2D eigenvalue weighted by Crippen LogP contribution is 2.33. The van der Waals surface area contributed by atoms with Gasteiger partial charge in [0.05, 0.1) is 48.8 Å². The molecule has 8 heterocycles. The lowest BCUT2D eigenvalue weighted by Gasteiger charge is -2.33. The zero-order valence-corrected chi connectivity index (χ0v) is 76.7. The van der Waals surface area contributed by atoms with Crippen LogP contribution in [-0.4, -0.2) is 266 Å². The fourth-order valence-corrected chi connectivity index (χ4v) is 18.9. The quantitative estimate of drug-likeness (QED) is 0.0269. The molecule has 7 aliphatic rings. The lowest BCUT2D eigenvalue weighted by molar-refractivity contribution is -0.148. The fourth-order valence-electron chi connectivity index (χ4n) is 15.7. The van der Waals surface area contributed by atoms with E-state index in [1.54, 1.807) is 62.4 Å². The van der Waals surface area contributed by atoms with E-state index in [1.165, 1.54) is 121 Å². The molecule has 0 saturated carbocycles. The van der Waals surface area contributed by atoms with Gasteiger partial charge in [0, 0.05) is 102 Å². The number of carboxylic acid groups (broad SMARTS) is 1. The number of hydrogen-bond acceptors (Lipinski definition) is 27. The van der Waals surface area contributed by atoms with Crippen LogP contribution in [0.5, 0.6) is 11.5 Å². The van der Waals surface area contributed by atoms with Crippen molar-refractivity contribution in [2.75, 3.05) is 43.5 Å². The van der Waals surface area contributed by atoms with E-state index < -0.39 is 211 Å². The molecule has 2 unspecified atom stereocenters. The van der Waals surface area contributed by atoms with Crippen molar-refractivity contribution in [1.82, 2.24) is 72.6 Å². The number of carboxylic acids is 1. The van der Waals surface area contributed by atoms with E-state index in [4.69, 9.17) is 31.8 Å². The number of hydrogen-bond donors (Lipinski definition) is 18. The van der Waals surface area contributed by atoms with E-state index in [-0.39, 0.29) is 140 Å². The average Bonchev–Trinajstić information content (AvgIpc) is 1.61. The maximum absolute atomic E-state index is 15.7. The number of guanidine groups is 1. The first-order valence-corrected chi connectivity index (χ1v) is 47.4. The van der Waals surface area contributed by atoms with Crippen LogP contribution in [-0.2, 0) is 97.2 Å². The van der Waals surface area contributed by atoms with Gasteiger partial charge in [-0.1, -0.05) is 111 Å². The Hall–Kier alpha value is -11.9. The van der Waals surface area contributed by atoms with Crippen molar-refractivity contribution in [2.24, 2.45) is 35.1 Å². The van der Waals surface area contributed by atoms with E-state index in [0.717, 1.165) is 16.7 Å². The van der Waals surface area contributed by atoms with Gasteiger partial charge < -0.3 is 99.8 Å². The first-order valence-electron chi connectivity index (χ1n) is 43.9. The number of phenolic OH excluding ortho intramolecular Hbond substituents is 2. The van der Waals surface area contributed by atoms with Gasteiger partial charge in [0.25, 0.3) is 0 Å². The predicted octanol–water partition coefficient (Wildman–Crippen LogP) is 2.21. The summed E-state index contributed by atoms with van der Waals surface area (Å²) in [5, 5.41) is 95.7. The second-order valence-corrected chi connectivity index (χ2v) is 37.2. The summed E-state index contributed by atoms with van der Waals surface area (Å²) in [6.45, 7) is 7.29. The smallest absolute Gasteiger partial charge is 0.325 e. The molecule has 2 saturated heterocycles. The molecule has 0 radical (unpaired) electrons. The van der Waals surface area contributed by atoms with Gasteiger partial charge in [-0.25, -0.2) is 15.0 Å². The molecule has 40 heteroatoms. The number of aliphatic hydroxyl groups is 3. The van der Waals surface area contributed by atoms with Crippen molar-refractivity contribution >= 4 is 124 Å². The van der Waals surface area contributed by atoms with Gasteiger partial charge in [-0.15, -0.1) is 0 Å². The first kappa shape index (κ1) is 102. The highest BCUT2D eigenvalue weighted by Gasteiger charge is 2.46. The third kappa shape index (κ3) is 28.8. The number of Topliss-reactive ketones (excluding diaryl/α,β-unsaturated/α-hetero) is 3. The van der Waals surface area contributed by atoms with Crippen LogP contribution < -0.4 is 59.3 Å². The van der Waals surface area contributed by atoms with Crippen LogP contribution in [0.15, 0.2) is 121 Å². The van der Waals surface area contributed by atoms with Crippen molar-refractivity contribution in [3.8, 4) is 45.7 Å². The number of phenols is 2. The SMILES string of the molecule is CC(C)[C@@H]1NC(=O)C([C@@H](C)O)NC(=O)[C@H](Cc2ccc(O)cc2)NC(=O)[C@@H]2CCCN2C(=O)[C@@H]2CCCN2C(=O)[C@@H]2CSCc3ccc(cc3)-c3nc(nc(n3)-c3ccc(cc3)CSC[C@@H](C(=O)N[C@@H](C)C(=O)O)NC1=O)-c1ccc(cc1)CSC[C@H](NC(=O)[C@H](C)N)C(=O)C[C@@H](CCCNC(=N)N)C(=O)N[C@@H](Cc1ccc(O)cc1)C(=O)CC([C@@H](C)O)C(=O)N[C@@H](CO)C(=O)C2. The molecule has 13 rings (SSSR count). The molecule has 7 aliphatic heterocycles. The second-order valence-electron chi connectivity index (χ2n) is 34.1. The number of nitrogens with two attached hydrogens (primary N) is 2. The number of aromatic nitrogens is 3. The van der Waals surface area contributed by atoms with Gasteiger partial charge in [0.1, 0.15) is 59.8 Å². The van der Waals surface area contributed by atoms with Crippen molar-refractivity contribution in [3.63, 3.8) is 0 Å². The Morgan fingerprint density at radius 3 is 1.51 bits per heavy atom. The molecular weight excluding hydrogens is 1760 g/mol. The summed E-state index contributed by atoms with van der Waals surface area (Å²) in [7, 11) is 0. The number of nitrogens with one attached hydrogen (secondary N) is 10. The Morgan fingerprint density at radius 1 is 0.530 bits per heavy atom. The molecule has 0 spiro atoms. The number of nitrogens with zero attached hydrogens (tertiary/aromatic N) is 5. The monoisotopic (exact) mass is 1880 g/mol. The summed E-state index contributed by atoms with van der Waals surface area (Å²) in [6.07, 6.45) is -4.97. The Kier molecular flexibility index (Phi) is 37.5. The van der Waals surface area contributed by atoms with E-state index in [2.05, 4.69) is 47.9 Å². The largest absolute Gasteiger partial charge is 0.508 e. The summed E-state index contributed by atoms with van der Waals surface area (Å²) >= 11 is 3.75. The minimum absolute atomic E-state index is 0.00210. The van der Waals surface area contributed by atoms with Crippen molar-refractivity contribution in [2.45, 2.75) is 208 Å². The van der Waals surface area contributed by atoms with Crippen molar-refractivity contribution < 1.29 is 97.8 Å². The van der Waals surface area contributed by atoms with Crippen LogP contribution in [0.4, 0.5) is 0 Å². The number of amides is 10. The van der Waals surface area contributed by atoms with E-state index >= 15 is 19.2 Å². The van der Waals surface area contributed by atoms with Gasteiger partial charge in [-0.2, -0.15) is 35.3 Å². The molecule has 20 N–H and O–H groups in total. The Balaban J connectivity index is 1.06. The number of ketones is 3. The number of aliphatic carboxylic acids is 1. The molecule has 0 aliphatic carbocycles. The van der Waals surface area contributed by atoms with Crippen LogP contribution in [0.25, 0.3) is 34.2 Å². The van der Waals surface area contributed by atoms with Crippen LogP contribution in [0.1, 0.15) is 127 Å². The number of thioether (sulfide) groups is 3. The zero-order chi connectivity index (χ0) is 95.7. The second kappa shape index (κ2) is 48.4.